The molecule has 0 atom stereocenters. The Morgan fingerprint density at radius 2 is 1.97 bits per heavy atom. The first-order valence-corrected chi connectivity index (χ1v) is 10.2. The Morgan fingerprint density at radius 1 is 1.16 bits per heavy atom. The molecule has 160 valence electrons. The molecule has 1 saturated heterocycles. The van der Waals surface area contributed by atoms with Crippen LogP contribution >= 0.6 is 0 Å². The summed E-state index contributed by atoms with van der Waals surface area (Å²) in [5.41, 5.74) is 9.55. The van der Waals surface area contributed by atoms with Gasteiger partial charge in [0.2, 0.25) is 5.91 Å². The number of hydrogen-bond acceptors (Lipinski definition) is 7. The molecule has 0 radical (unpaired) electrons. The number of ether oxygens (including phenoxy) is 1. The van der Waals surface area contributed by atoms with E-state index >= 15 is 0 Å². The summed E-state index contributed by atoms with van der Waals surface area (Å²) < 4.78 is 5.27. The molecule has 0 bridgehead atoms. The number of aromatic nitrogens is 2. The number of piperazine rings is 1. The number of nitrogens with zero attached hydrogens (tertiary/aromatic N) is 3. The van der Waals surface area contributed by atoms with E-state index in [1.54, 1.807) is 25.4 Å². The number of aryl methyl sites for hydroxylation is 1. The van der Waals surface area contributed by atoms with E-state index in [2.05, 4.69) is 20.5 Å². The van der Waals surface area contributed by atoms with Gasteiger partial charge in [-0.2, -0.15) is 0 Å². The predicted molar refractivity (Wildman–Crippen MR) is 122 cm³/mol. The molecule has 4 N–H and O–H groups in total. The third-order valence-corrected chi connectivity index (χ3v) is 5.29. The average Bonchev–Trinajstić information content (AvgIpc) is 2.81. The second-order valence-corrected chi connectivity index (χ2v) is 7.44. The van der Waals surface area contributed by atoms with Crippen LogP contribution in [0.2, 0.25) is 0 Å². The summed E-state index contributed by atoms with van der Waals surface area (Å²) >= 11 is 0. The fraction of sp³-hybridized carbons (Fsp3) is 0.261. The van der Waals surface area contributed by atoms with Gasteiger partial charge in [0.25, 0.3) is 0 Å². The Balaban J connectivity index is 1.66. The highest BCUT2D eigenvalue weighted by molar-refractivity contribution is 5.94. The molecule has 2 aromatic heterocycles. The number of rotatable bonds is 6. The molecular weight excluding hydrogens is 392 g/mol. The van der Waals surface area contributed by atoms with E-state index in [1.807, 2.05) is 37.3 Å². The molecule has 8 heteroatoms. The van der Waals surface area contributed by atoms with Crippen LogP contribution in [0.25, 0.3) is 11.3 Å². The fourth-order valence-electron chi connectivity index (χ4n) is 3.56. The van der Waals surface area contributed by atoms with Crippen molar-refractivity contribution in [2.75, 3.05) is 43.5 Å². The molecule has 0 saturated carbocycles. The highest BCUT2D eigenvalue weighted by atomic mass is 16.5. The van der Waals surface area contributed by atoms with E-state index < -0.39 is 5.91 Å². The van der Waals surface area contributed by atoms with Crippen molar-refractivity contribution >= 4 is 23.2 Å². The molecule has 3 aromatic rings. The number of pyridine rings is 2. The van der Waals surface area contributed by atoms with Crippen molar-refractivity contribution in [1.82, 2.24) is 15.3 Å². The van der Waals surface area contributed by atoms with Gasteiger partial charge in [0.1, 0.15) is 17.4 Å². The van der Waals surface area contributed by atoms with Gasteiger partial charge in [-0.25, -0.2) is 9.97 Å². The van der Waals surface area contributed by atoms with Gasteiger partial charge in [0.05, 0.1) is 12.8 Å². The number of primary amides is 1. The molecule has 1 fully saturated rings. The Hall–Kier alpha value is -3.65. The van der Waals surface area contributed by atoms with Gasteiger partial charge in [-0.3, -0.25) is 4.79 Å². The Bertz CT molecular complexity index is 1100. The van der Waals surface area contributed by atoms with Gasteiger partial charge < -0.3 is 26.0 Å². The lowest BCUT2D eigenvalue weighted by Gasteiger charge is -2.29. The number of carbonyl (C=O) groups excluding carboxylic acids is 1. The smallest absolute Gasteiger partial charge is 0.248 e. The highest BCUT2D eigenvalue weighted by Gasteiger charge is 2.16. The molecule has 3 heterocycles. The van der Waals surface area contributed by atoms with Crippen molar-refractivity contribution in [2.24, 2.45) is 5.73 Å². The topological polar surface area (TPSA) is 105 Å². The molecule has 1 amide bonds. The third-order valence-electron chi connectivity index (χ3n) is 5.29. The number of benzene rings is 1. The molecule has 0 aliphatic carbocycles. The Morgan fingerprint density at radius 3 is 2.68 bits per heavy atom. The van der Waals surface area contributed by atoms with E-state index in [0.717, 1.165) is 54.6 Å². The molecule has 0 unspecified atom stereocenters. The van der Waals surface area contributed by atoms with Crippen LogP contribution in [0.1, 0.15) is 15.9 Å². The van der Waals surface area contributed by atoms with Crippen LogP contribution in [0.3, 0.4) is 0 Å². The van der Waals surface area contributed by atoms with Crippen LogP contribution in [0.5, 0.6) is 5.75 Å². The number of hydrogen-bond donors (Lipinski definition) is 3. The van der Waals surface area contributed by atoms with Gasteiger partial charge in [-0.05, 0) is 55.0 Å². The van der Waals surface area contributed by atoms with Crippen molar-refractivity contribution in [1.29, 1.82) is 0 Å². The van der Waals surface area contributed by atoms with E-state index in [-0.39, 0.29) is 0 Å². The third kappa shape index (κ3) is 4.75. The predicted octanol–water partition coefficient (Wildman–Crippen LogP) is 2.71. The summed E-state index contributed by atoms with van der Waals surface area (Å²) in [7, 11) is 1.65. The van der Waals surface area contributed by atoms with E-state index in [4.69, 9.17) is 15.5 Å². The van der Waals surface area contributed by atoms with Crippen molar-refractivity contribution in [3.63, 3.8) is 0 Å². The normalized spacial score (nSPS) is 13.7. The molecule has 1 aliphatic heterocycles. The van der Waals surface area contributed by atoms with Crippen LogP contribution in [0.4, 0.5) is 17.3 Å². The van der Waals surface area contributed by atoms with Crippen molar-refractivity contribution in [3.8, 4) is 17.0 Å². The summed E-state index contributed by atoms with van der Waals surface area (Å²) in [6.45, 7) is 5.42. The Kier molecular flexibility index (Phi) is 5.99. The van der Waals surface area contributed by atoms with E-state index in [0.29, 0.717) is 17.1 Å². The maximum Gasteiger partial charge on any atom is 0.248 e. The summed E-state index contributed by atoms with van der Waals surface area (Å²) in [4.78, 5) is 23.4. The van der Waals surface area contributed by atoms with Crippen LogP contribution in [-0.2, 0) is 0 Å². The average molecular weight is 419 g/mol. The van der Waals surface area contributed by atoms with Crippen molar-refractivity contribution in [3.05, 3.63) is 59.8 Å². The number of nitrogens with one attached hydrogen (secondary N) is 2. The minimum absolute atomic E-state index is 0.441. The van der Waals surface area contributed by atoms with Crippen LogP contribution in [0, 0.1) is 6.92 Å². The first kappa shape index (κ1) is 20.6. The summed E-state index contributed by atoms with van der Waals surface area (Å²) in [6.07, 6.45) is 1.72. The van der Waals surface area contributed by atoms with Crippen LogP contribution < -0.4 is 26.0 Å². The quantitative estimate of drug-likeness (QED) is 0.565. The number of nitrogens with two attached hydrogens (primary N) is 1. The van der Waals surface area contributed by atoms with Gasteiger partial charge >= 0.3 is 0 Å². The van der Waals surface area contributed by atoms with Gasteiger partial charge in [-0.15, -0.1) is 0 Å². The fourth-order valence-corrected chi connectivity index (χ4v) is 3.56. The second kappa shape index (κ2) is 9.01. The highest BCUT2D eigenvalue weighted by Crippen LogP contribution is 2.28. The number of methoxy groups -OCH3 is 1. The minimum Gasteiger partial charge on any atom is -0.497 e. The molecule has 0 spiro atoms. The molecular formula is C23H26N6O2. The SMILES string of the molecule is COc1ccc(Nc2cc(-c3cc(C(N)=O)cc(N4CCNCC4)n3)ccn2)c(C)c1. The van der Waals surface area contributed by atoms with Gasteiger partial charge in [0, 0.05) is 49.2 Å². The first-order chi connectivity index (χ1) is 15.0. The Labute approximate surface area is 181 Å². The first-order valence-electron chi connectivity index (χ1n) is 10.2. The zero-order chi connectivity index (χ0) is 21.8. The van der Waals surface area contributed by atoms with Crippen molar-refractivity contribution < 1.29 is 9.53 Å². The monoisotopic (exact) mass is 418 g/mol. The summed E-state index contributed by atoms with van der Waals surface area (Å²) in [6, 6.07) is 13.1. The standard InChI is InChI=1S/C23H26N6O2/c1-15-11-18(31-2)3-4-19(15)27-21-13-16(5-6-26-21)20-12-17(23(24)30)14-22(28-20)29-9-7-25-8-10-29/h3-6,11-14,25H,7-10H2,1-2H3,(H2,24,30)(H,26,27). The zero-order valence-corrected chi connectivity index (χ0v) is 17.7. The lowest BCUT2D eigenvalue weighted by molar-refractivity contribution is 0.1000. The number of amides is 1. The van der Waals surface area contributed by atoms with Crippen molar-refractivity contribution in [2.45, 2.75) is 6.92 Å². The maximum absolute atomic E-state index is 11.9. The maximum atomic E-state index is 11.9. The second-order valence-electron chi connectivity index (χ2n) is 7.44. The molecule has 4 rings (SSSR count). The van der Waals surface area contributed by atoms with Crippen LogP contribution in [-0.4, -0.2) is 49.2 Å². The largest absolute Gasteiger partial charge is 0.497 e. The molecule has 1 aliphatic rings. The minimum atomic E-state index is -0.471. The van der Waals surface area contributed by atoms with Crippen LogP contribution in [0.15, 0.2) is 48.7 Å². The van der Waals surface area contributed by atoms with E-state index in [9.17, 15) is 4.79 Å². The van der Waals surface area contributed by atoms with Gasteiger partial charge in [0.15, 0.2) is 0 Å². The lowest BCUT2D eigenvalue weighted by Crippen LogP contribution is -2.44. The summed E-state index contributed by atoms with van der Waals surface area (Å²) in [5.74, 6) is 1.77. The summed E-state index contributed by atoms with van der Waals surface area (Å²) in [5, 5.41) is 6.67. The number of carbonyl (C=O) groups is 1. The molecule has 31 heavy (non-hydrogen) atoms. The molecule has 8 nitrogen and oxygen atoms in total. The lowest BCUT2D eigenvalue weighted by atomic mass is 10.1. The van der Waals surface area contributed by atoms with Gasteiger partial charge in [-0.1, -0.05) is 0 Å². The number of anilines is 3. The molecule has 1 aromatic carbocycles. The van der Waals surface area contributed by atoms with E-state index in [1.165, 1.54) is 0 Å². The zero-order valence-electron chi connectivity index (χ0n) is 17.7.